The minimum absolute atomic E-state index is 0.164. The van der Waals surface area contributed by atoms with Crippen LogP contribution in [0.3, 0.4) is 0 Å². The summed E-state index contributed by atoms with van der Waals surface area (Å²) in [7, 11) is 1.85. The first-order valence-corrected chi connectivity index (χ1v) is 9.32. The van der Waals surface area contributed by atoms with Crippen LogP contribution in [0.2, 0.25) is 0 Å². The van der Waals surface area contributed by atoms with Crippen molar-refractivity contribution < 1.29 is 13.1 Å². The molecular formula is C25H25N2O+. The van der Waals surface area contributed by atoms with E-state index >= 15 is 0 Å². The monoisotopic (exact) mass is 372 g/mol. The Labute approximate surface area is 170 Å². The van der Waals surface area contributed by atoms with Crippen molar-refractivity contribution in [3.63, 3.8) is 0 Å². The SMILES string of the molecule is [2H]c1c(C([2H])(C)C)c([2H])c(-c2c(C)cc(C)c3c2oc2c([N+]#[C-])cccc23)[n+](C)c1C. The van der Waals surface area contributed by atoms with E-state index in [0.29, 0.717) is 33.8 Å². The van der Waals surface area contributed by atoms with Crippen LogP contribution in [-0.2, 0) is 7.05 Å². The summed E-state index contributed by atoms with van der Waals surface area (Å²) in [6.07, 6.45) is 0. The molecule has 0 atom stereocenters. The van der Waals surface area contributed by atoms with Crippen molar-refractivity contribution >= 4 is 27.6 Å². The molecule has 2 aromatic carbocycles. The summed E-state index contributed by atoms with van der Waals surface area (Å²) in [5, 5.41) is 1.81. The van der Waals surface area contributed by atoms with Crippen molar-refractivity contribution in [3.05, 3.63) is 70.2 Å². The van der Waals surface area contributed by atoms with Gasteiger partial charge in [-0.3, -0.25) is 0 Å². The van der Waals surface area contributed by atoms with Crippen molar-refractivity contribution in [2.45, 2.75) is 40.5 Å². The van der Waals surface area contributed by atoms with Crippen molar-refractivity contribution in [1.29, 1.82) is 0 Å². The molecule has 140 valence electrons. The summed E-state index contributed by atoms with van der Waals surface area (Å²) >= 11 is 0. The molecule has 0 fully saturated rings. The van der Waals surface area contributed by atoms with E-state index in [-0.39, 0.29) is 12.1 Å². The number of furan rings is 1. The highest BCUT2D eigenvalue weighted by atomic mass is 16.3. The second-order valence-electron chi connectivity index (χ2n) is 7.58. The predicted octanol–water partition coefficient (Wildman–Crippen LogP) is 6.68. The number of hydrogen-bond acceptors (Lipinski definition) is 1. The van der Waals surface area contributed by atoms with Gasteiger partial charge in [-0.15, -0.1) is 0 Å². The highest BCUT2D eigenvalue weighted by Gasteiger charge is 2.24. The molecule has 28 heavy (non-hydrogen) atoms. The Kier molecular flexibility index (Phi) is 3.45. The van der Waals surface area contributed by atoms with E-state index in [1.807, 2.05) is 44.5 Å². The predicted molar refractivity (Wildman–Crippen MR) is 115 cm³/mol. The van der Waals surface area contributed by atoms with Gasteiger partial charge in [0.1, 0.15) is 18.2 Å². The molecule has 0 aliphatic rings. The van der Waals surface area contributed by atoms with E-state index in [2.05, 4.69) is 10.9 Å². The van der Waals surface area contributed by atoms with Crippen LogP contribution >= 0.6 is 0 Å². The van der Waals surface area contributed by atoms with Crippen LogP contribution in [0.1, 0.15) is 46.2 Å². The number of para-hydroxylation sites is 1. The first kappa shape index (κ1) is 14.9. The van der Waals surface area contributed by atoms with E-state index in [1.54, 1.807) is 19.9 Å². The minimum atomic E-state index is -1.09. The summed E-state index contributed by atoms with van der Waals surface area (Å²) in [6.45, 7) is 16.8. The molecule has 0 unspecified atom stereocenters. The van der Waals surface area contributed by atoms with Crippen LogP contribution in [-0.4, -0.2) is 0 Å². The Bertz CT molecular complexity index is 1440. The average Bonchev–Trinajstić information content (AvgIpc) is 3.07. The molecule has 0 bridgehead atoms. The third kappa shape index (κ3) is 2.60. The Morgan fingerprint density at radius 1 is 1.14 bits per heavy atom. The molecule has 2 heterocycles. The summed E-state index contributed by atoms with van der Waals surface area (Å²) in [4.78, 5) is 3.62. The number of hydrogen-bond donors (Lipinski definition) is 0. The number of rotatable bonds is 2. The van der Waals surface area contributed by atoms with Crippen LogP contribution in [0.5, 0.6) is 0 Å². The van der Waals surface area contributed by atoms with Gasteiger partial charge in [0.2, 0.25) is 11.4 Å². The molecule has 0 amide bonds. The third-order valence-corrected chi connectivity index (χ3v) is 5.39. The average molecular weight is 373 g/mol. The fourth-order valence-corrected chi connectivity index (χ4v) is 3.85. The molecule has 0 aliphatic heterocycles. The van der Waals surface area contributed by atoms with Crippen LogP contribution in [0.25, 0.3) is 38.0 Å². The largest absolute Gasteiger partial charge is 0.466 e. The number of fused-ring (bicyclic) bond motifs is 3. The van der Waals surface area contributed by atoms with Crippen molar-refractivity contribution in [1.82, 2.24) is 0 Å². The molecule has 3 nitrogen and oxygen atoms in total. The van der Waals surface area contributed by atoms with E-state index in [4.69, 9.17) is 15.1 Å². The van der Waals surface area contributed by atoms with E-state index in [9.17, 15) is 0 Å². The van der Waals surface area contributed by atoms with Crippen molar-refractivity contribution in [2.24, 2.45) is 7.05 Å². The minimum Gasteiger partial charge on any atom is -0.466 e. The van der Waals surface area contributed by atoms with Gasteiger partial charge in [-0.05, 0) is 36.4 Å². The lowest BCUT2D eigenvalue weighted by Crippen LogP contribution is -2.35. The van der Waals surface area contributed by atoms with Gasteiger partial charge in [-0.1, -0.05) is 38.1 Å². The lowest BCUT2D eigenvalue weighted by Gasteiger charge is -2.12. The maximum atomic E-state index is 9.01. The molecule has 0 spiro atoms. The summed E-state index contributed by atoms with van der Waals surface area (Å²) in [6, 6.07) is 8.02. The normalized spacial score (nSPS) is 13.4. The van der Waals surface area contributed by atoms with Gasteiger partial charge >= 0.3 is 0 Å². The molecule has 0 radical (unpaired) electrons. The topological polar surface area (TPSA) is 21.4 Å². The van der Waals surface area contributed by atoms with Crippen molar-refractivity contribution in [3.8, 4) is 11.3 Å². The summed E-state index contributed by atoms with van der Waals surface area (Å²) < 4.78 is 34.3. The second kappa shape index (κ2) is 6.49. The van der Waals surface area contributed by atoms with Gasteiger partial charge in [0.15, 0.2) is 5.69 Å². The Morgan fingerprint density at radius 3 is 2.57 bits per heavy atom. The van der Waals surface area contributed by atoms with Gasteiger partial charge in [0.25, 0.3) is 0 Å². The van der Waals surface area contributed by atoms with Gasteiger partial charge in [-0.25, -0.2) is 4.85 Å². The van der Waals surface area contributed by atoms with Gasteiger partial charge in [-0.2, -0.15) is 4.57 Å². The standard InChI is InChI=1S/C25H25N2O/c1-14(2)18-12-17(5)27(7)21(13-18)23-16(4)11-15(3)22-19-9-8-10-20(26-6)24(19)28-25(22)23/h8-14H,1-5,7H3/q+1/i12D,13D,14D. The van der Waals surface area contributed by atoms with E-state index < -0.39 is 5.89 Å². The van der Waals surface area contributed by atoms with Gasteiger partial charge in [0, 0.05) is 31.2 Å². The van der Waals surface area contributed by atoms with Gasteiger partial charge < -0.3 is 4.42 Å². The highest BCUT2D eigenvalue weighted by molar-refractivity contribution is 6.14. The molecule has 0 aliphatic carbocycles. The van der Waals surface area contributed by atoms with E-state index in [1.165, 1.54) is 0 Å². The maximum Gasteiger partial charge on any atom is 0.229 e. The smallest absolute Gasteiger partial charge is 0.229 e. The molecule has 2 aromatic heterocycles. The van der Waals surface area contributed by atoms with Crippen LogP contribution in [0, 0.1) is 27.3 Å². The lowest BCUT2D eigenvalue weighted by molar-refractivity contribution is -0.666. The molecule has 4 aromatic rings. The highest BCUT2D eigenvalue weighted by Crippen LogP contribution is 2.42. The van der Waals surface area contributed by atoms with Crippen LogP contribution in [0.4, 0.5) is 5.69 Å². The van der Waals surface area contributed by atoms with Crippen LogP contribution < -0.4 is 4.57 Å². The number of aryl methyl sites for hydroxylation is 2. The summed E-state index contributed by atoms with van der Waals surface area (Å²) in [5.74, 6) is -1.09. The third-order valence-electron chi connectivity index (χ3n) is 5.39. The molecule has 3 heteroatoms. The zero-order valence-corrected chi connectivity index (χ0v) is 17.1. The number of nitrogens with zero attached hydrogens (tertiary/aromatic N) is 2. The number of benzene rings is 2. The Hall–Kier alpha value is -3.12. The first-order chi connectivity index (χ1) is 14.5. The van der Waals surface area contributed by atoms with Crippen LogP contribution in [0.15, 0.2) is 40.8 Å². The zero-order chi connectivity index (χ0) is 22.8. The van der Waals surface area contributed by atoms with Gasteiger partial charge in [0.05, 0.1) is 14.9 Å². The fraction of sp³-hybridized carbons (Fsp3) is 0.280. The first-order valence-electron chi connectivity index (χ1n) is 10.8. The number of pyridine rings is 1. The molecular weight excluding hydrogens is 344 g/mol. The maximum absolute atomic E-state index is 9.01. The molecule has 0 saturated carbocycles. The Balaban J connectivity index is 2.26. The van der Waals surface area contributed by atoms with E-state index in [0.717, 1.165) is 27.5 Å². The number of aromatic nitrogens is 1. The van der Waals surface area contributed by atoms with Crippen molar-refractivity contribution in [2.75, 3.05) is 0 Å². The molecule has 0 N–H and O–H groups in total. The Morgan fingerprint density at radius 2 is 1.89 bits per heavy atom. The summed E-state index contributed by atoms with van der Waals surface area (Å²) in [5.41, 5.74) is 6.10. The zero-order valence-electron chi connectivity index (χ0n) is 20.1. The molecule has 4 rings (SSSR count). The molecule has 0 saturated heterocycles. The fourth-order valence-electron chi connectivity index (χ4n) is 3.85. The second-order valence-corrected chi connectivity index (χ2v) is 7.58. The quantitative estimate of drug-likeness (QED) is 0.284. The lowest BCUT2D eigenvalue weighted by atomic mass is 9.94.